The molecular formula is C15H20. The Hall–Kier alpha value is -1.30. The highest BCUT2D eigenvalue weighted by Crippen LogP contribution is 2.09. The Morgan fingerprint density at radius 2 is 1.67 bits per heavy atom. The quantitative estimate of drug-likeness (QED) is 0.574. The molecule has 0 radical (unpaired) electrons. The fraction of sp³-hybridized carbons (Fsp3) is 0.333. The van der Waals surface area contributed by atoms with Crippen LogP contribution < -0.4 is 0 Å². The summed E-state index contributed by atoms with van der Waals surface area (Å²) in [5.41, 5.74) is 2.67. The molecule has 2 rings (SSSR count). The Morgan fingerprint density at radius 1 is 1.00 bits per heavy atom. The van der Waals surface area contributed by atoms with Crippen LogP contribution in [0.5, 0.6) is 0 Å². The monoisotopic (exact) mass is 200 g/mol. The van der Waals surface area contributed by atoms with Crippen LogP contribution in [0, 0.1) is 0 Å². The highest BCUT2D eigenvalue weighted by atomic mass is 13.9. The molecule has 0 heterocycles. The molecule has 0 saturated carbocycles. The summed E-state index contributed by atoms with van der Waals surface area (Å²) in [7, 11) is 0. The molecule has 0 nitrogen and oxygen atoms in total. The number of allylic oxidation sites excluding steroid dienone is 9. The van der Waals surface area contributed by atoms with E-state index in [4.69, 9.17) is 0 Å². The fourth-order valence-electron chi connectivity index (χ4n) is 1.53. The molecule has 0 atom stereocenters. The summed E-state index contributed by atoms with van der Waals surface area (Å²) in [6, 6.07) is 0. The Labute approximate surface area is 93.4 Å². The lowest BCUT2D eigenvalue weighted by molar-refractivity contribution is 1.02. The Bertz CT molecular complexity index is 311. The van der Waals surface area contributed by atoms with E-state index < -0.39 is 0 Å². The number of rotatable bonds is 1. The van der Waals surface area contributed by atoms with Crippen molar-refractivity contribution in [3.63, 3.8) is 0 Å². The van der Waals surface area contributed by atoms with Crippen LogP contribution in [-0.4, -0.2) is 0 Å². The summed E-state index contributed by atoms with van der Waals surface area (Å²) in [6.45, 7) is 5.80. The molecule has 0 bridgehead atoms. The number of hydrogen-bond acceptors (Lipinski definition) is 0. The van der Waals surface area contributed by atoms with Crippen LogP contribution in [0.3, 0.4) is 0 Å². The Morgan fingerprint density at radius 3 is 1.93 bits per heavy atom. The molecule has 0 amide bonds. The Balaban J connectivity index is 0.000000151. The van der Waals surface area contributed by atoms with Gasteiger partial charge in [0, 0.05) is 0 Å². The first-order chi connectivity index (χ1) is 7.33. The average Bonchev–Trinajstić information content (AvgIpc) is 2.32. The molecule has 2 aliphatic carbocycles. The van der Waals surface area contributed by atoms with E-state index in [0.29, 0.717) is 0 Å². The normalized spacial score (nSPS) is 18.5. The second kappa shape index (κ2) is 7.05. The SMILES string of the molecule is C=CC1=CCCC=C1.CC1=CCCC=C1. The van der Waals surface area contributed by atoms with Gasteiger partial charge in [-0.1, -0.05) is 54.7 Å². The van der Waals surface area contributed by atoms with Crippen LogP contribution in [0.2, 0.25) is 0 Å². The maximum Gasteiger partial charge on any atom is -0.0306 e. The first-order valence-electron chi connectivity index (χ1n) is 5.65. The molecule has 0 saturated heterocycles. The molecule has 0 spiro atoms. The van der Waals surface area contributed by atoms with E-state index in [2.05, 4.69) is 50.0 Å². The minimum Gasteiger partial charge on any atom is -0.0985 e. The number of hydrogen-bond donors (Lipinski definition) is 0. The van der Waals surface area contributed by atoms with Crippen molar-refractivity contribution in [2.75, 3.05) is 0 Å². The van der Waals surface area contributed by atoms with Crippen LogP contribution in [0.4, 0.5) is 0 Å². The zero-order valence-electron chi connectivity index (χ0n) is 9.58. The van der Waals surface area contributed by atoms with Gasteiger partial charge >= 0.3 is 0 Å². The maximum absolute atomic E-state index is 3.66. The van der Waals surface area contributed by atoms with Gasteiger partial charge in [-0.3, -0.25) is 0 Å². The lowest BCUT2D eigenvalue weighted by atomic mass is 10.1. The lowest BCUT2D eigenvalue weighted by Gasteiger charge is -1.98. The summed E-state index contributed by atoms with van der Waals surface area (Å²) >= 11 is 0. The molecule has 80 valence electrons. The molecule has 0 aliphatic heterocycles. The summed E-state index contributed by atoms with van der Waals surface area (Å²) in [5.74, 6) is 0. The third-order valence-electron chi connectivity index (χ3n) is 2.44. The molecule has 0 aromatic carbocycles. The zero-order chi connectivity index (χ0) is 10.9. The highest BCUT2D eigenvalue weighted by Gasteiger charge is 1.88. The van der Waals surface area contributed by atoms with Crippen molar-refractivity contribution < 1.29 is 0 Å². The highest BCUT2D eigenvalue weighted by molar-refractivity contribution is 5.31. The van der Waals surface area contributed by atoms with Crippen LogP contribution >= 0.6 is 0 Å². The topological polar surface area (TPSA) is 0 Å². The molecule has 0 N–H and O–H groups in total. The average molecular weight is 200 g/mol. The van der Waals surface area contributed by atoms with Gasteiger partial charge in [-0.2, -0.15) is 0 Å². The van der Waals surface area contributed by atoms with Crippen molar-refractivity contribution in [1.29, 1.82) is 0 Å². The first kappa shape index (κ1) is 11.8. The van der Waals surface area contributed by atoms with Gasteiger partial charge in [-0.25, -0.2) is 0 Å². The smallest absolute Gasteiger partial charge is 0.0306 e. The van der Waals surface area contributed by atoms with Crippen molar-refractivity contribution >= 4 is 0 Å². The lowest BCUT2D eigenvalue weighted by Crippen LogP contribution is -1.77. The van der Waals surface area contributed by atoms with E-state index in [9.17, 15) is 0 Å². The third-order valence-corrected chi connectivity index (χ3v) is 2.44. The van der Waals surface area contributed by atoms with E-state index in [0.717, 1.165) is 0 Å². The second-order valence-corrected chi connectivity index (χ2v) is 3.82. The van der Waals surface area contributed by atoms with Crippen LogP contribution in [0.25, 0.3) is 0 Å². The zero-order valence-corrected chi connectivity index (χ0v) is 9.58. The maximum atomic E-state index is 3.66. The Kier molecular flexibility index (Phi) is 5.54. The predicted molar refractivity (Wildman–Crippen MR) is 68.8 cm³/mol. The van der Waals surface area contributed by atoms with Crippen LogP contribution in [0.15, 0.2) is 60.3 Å². The summed E-state index contributed by atoms with van der Waals surface area (Å²) in [4.78, 5) is 0. The van der Waals surface area contributed by atoms with E-state index in [1.807, 2.05) is 6.08 Å². The van der Waals surface area contributed by atoms with Gasteiger partial charge in [-0.05, 0) is 38.2 Å². The molecule has 0 aromatic heterocycles. The summed E-state index contributed by atoms with van der Waals surface area (Å²) < 4.78 is 0. The van der Waals surface area contributed by atoms with E-state index in [1.54, 1.807) is 0 Å². The molecule has 0 aromatic rings. The van der Waals surface area contributed by atoms with E-state index in [1.165, 1.54) is 36.8 Å². The van der Waals surface area contributed by atoms with Crippen LogP contribution in [-0.2, 0) is 0 Å². The van der Waals surface area contributed by atoms with Crippen molar-refractivity contribution in [2.24, 2.45) is 0 Å². The van der Waals surface area contributed by atoms with Crippen LogP contribution in [0.1, 0.15) is 32.6 Å². The van der Waals surface area contributed by atoms with Gasteiger partial charge in [-0.15, -0.1) is 0 Å². The summed E-state index contributed by atoms with van der Waals surface area (Å²) in [6.07, 6.45) is 19.9. The molecular weight excluding hydrogens is 180 g/mol. The van der Waals surface area contributed by atoms with Crippen molar-refractivity contribution in [1.82, 2.24) is 0 Å². The van der Waals surface area contributed by atoms with Gasteiger partial charge in [0.05, 0.1) is 0 Å². The molecule has 15 heavy (non-hydrogen) atoms. The van der Waals surface area contributed by atoms with Crippen molar-refractivity contribution in [2.45, 2.75) is 32.6 Å². The molecule has 0 unspecified atom stereocenters. The van der Waals surface area contributed by atoms with Crippen molar-refractivity contribution in [3.05, 3.63) is 60.3 Å². The van der Waals surface area contributed by atoms with Gasteiger partial charge in [0.15, 0.2) is 0 Å². The summed E-state index contributed by atoms with van der Waals surface area (Å²) in [5, 5.41) is 0. The van der Waals surface area contributed by atoms with Gasteiger partial charge < -0.3 is 0 Å². The fourth-order valence-corrected chi connectivity index (χ4v) is 1.53. The second-order valence-electron chi connectivity index (χ2n) is 3.82. The van der Waals surface area contributed by atoms with E-state index in [-0.39, 0.29) is 0 Å². The first-order valence-corrected chi connectivity index (χ1v) is 5.65. The minimum absolute atomic E-state index is 1.18. The molecule has 0 heteroatoms. The van der Waals surface area contributed by atoms with Gasteiger partial charge in [0.2, 0.25) is 0 Å². The molecule has 2 aliphatic rings. The van der Waals surface area contributed by atoms with Gasteiger partial charge in [0.25, 0.3) is 0 Å². The minimum atomic E-state index is 1.18. The largest absolute Gasteiger partial charge is 0.0985 e. The van der Waals surface area contributed by atoms with E-state index >= 15 is 0 Å². The standard InChI is InChI=1S/C8H10.C7H10/c1-2-8-6-4-3-5-7-8;1-7-5-3-2-4-6-7/h2,4,6-7H,1,3,5H2;3,5-6H,2,4H2,1H3. The third kappa shape index (κ3) is 5.21. The predicted octanol–water partition coefficient (Wildman–Crippen LogP) is 4.73. The van der Waals surface area contributed by atoms with Crippen molar-refractivity contribution in [3.8, 4) is 0 Å². The van der Waals surface area contributed by atoms with Gasteiger partial charge in [0.1, 0.15) is 0 Å². The molecule has 0 fully saturated rings.